The van der Waals surface area contributed by atoms with Gasteiger partial charge >= 0.3 is 0 Å². The van der Waals surface area contributed by atoms with Gasteiger partial charge in [0, 0.05) is 24.4 Å². The fraction of sp³-hybridized carbons (Fsp3) is 0.533. The average molecular weight is 315 g/mol. The Labute approximate surface area is 127 Å². The van der Waals surface area contributed by atoms with Crippen LogP contribution in [0.1, 0.15) is 38.1 Å². The molecule has 1 unspecified atom stereocenters. The minimum absolute atomic E-state index is 0.150. The third kappa shape index (κ3) is 2.31. The van der Waals surface area contributed by atoms with Gasteiger partial charge in [0.25, 0.3) is 0 Å². The number of alkyl halides is 1. The number of benzene rings is 1. The maximum Gasteiger partial charge on any atom is 0.144 e. The van der Waals surface area contributed by atoms with E-state index < -0.39 is 5.82 Å². The summed E-state index contributed by atoms with van der Waals surface area (Å²) >= 11 is 11.8. The third-order valence-corrected chi connectivity index (χ3v) is 4.84. The van der Waals surface area contributed by atoms with E-state index in [-0.39, 0.29) is 5.02 Å². The number of aromatic nitrogens is 2. The molecule has 20 heavy (non-hydrogen) atoms. The predicted molar refractivity (Wildman–Crippen MR) is 81.2 cm³/mol. The van der Waals surface area contributed by atoms with Gasteiger partial charge in [-0.15, -0.1) is 11.6 Å². The number of nitrogens with zero attached hydrogens (tertiary/aromatic N) is 2. The quantitative estimate of drug-likeness (QED) is 0.728. The van der Waals surface area contributed by atoms with Gasteiger partial charge in [-0.1, -0.05) is 18.0 Å². The number of rotatable bonds is 4. The summed E-state index contributed by atoms with van der Waals surface area (Å²) in [4.78, 5) is 4.55. The molecule has 1 aliphatic rings. The Kier molecular flexibility index (Phi) is 3.91. The molecule has 1 fully saturated rings. The van der Waals surface area contributed by atoms with Crippen LogP contribution >= 0.6 is 23.2 Å². The van der Waals surface area contributed by atoms with Crippen molar-refractivity contribution in [3.8, 4) is 0 Å². The molecule has 0 radical (unpaired) electrons. The van der Waals surface area contributed by atoms with Crippen LogP contribution in [0.4, 0.5) is 4.39 Å². The Morgan fingerprint density at radius 1 is 1.45 bits per heavy atom. The molecule has 2 aromatic rings. The van der Waals surface area contributed by atoms with Crippen molar-refractivity contribution >= 4 is 34.2 Å². The predicted octanol–water partition coefficient (Wildman–Crippen LogP) is 4.97. The van der Waals surface area contributed by atoms with Gasteiger partial charge in [0.15, 0.2) is 0 Å². The Morgan fingerprint density at radius 2 is 2.20 bits per heavy atom. The molecule has 1 heterocycles. The van der Waals surface area contributed by atoms with Gasteiger partial charge in [-0.05, 0) is 31.7 Å². The van der Waals surface area contributed by atoms with E-state index in [1.54, 1.807) is 6.07 Å². The standard InChI is InChI=1S/C15H17Cl2FN2/c1-9(10-3-2-4-10)20-14-7-11(17)12(18)8-13(14)19-15(20)5-6-16/h7-10H,2-6H2,1H3. The first-order valence-electron chi connectivity index (χ1n) is 7.03. The average Bonchev–Trinajstić information content (AvgIpc) is 2.65. The van der Waals surface area contributed by atoms with Crippen LogP contribution in [0, 0.1) is 11.7 Å². The smallest absolute Gasteiger partial charge is 0.144 e. The summed E-state index contributed by atoms with van der Waals surface area (Å²) in [6.07, 6.45) is 4.47. The molecule has 0 spiro atoms. The molecule has 0 amide bonds. The van der Waals surface area contributed by atoms with Crippen LogP contribution in [0.3, 0.4) is 0 Å². The van der Waals surface area contributed by atoms with E-state index in [2.05, 4.69) is 16.5 Å². The number of hydrogen-bond donors (Lipinski definition) is 0. The van der Waals surface area contributed by atoms with Crippen molar-refractivity contribution in [1.82, 2.24) is 9.55 Å². The fourth-order valence-electron chi connectivity index (χ4n) is 2.99. The van der Waals surface area contributed by atoms with Crippen molar-refractivity contribution in [1.29, 1.82) is 0 Å². The van der Waals surface area contributed by atoms with Crippen LogP contribution < -0.4 is 0 Å². The van der Waals surface area contributed by atoms with E-state index in [1.165, 1.54) is 25.3 Å². The summed E-state index contributed by atoms with van der Waals surface area (Å²) in [6, 6.07) is 3.46. The van der Waals surface area contributed by atoms with Crippen LogP contribution in [0.25, 0.3) is 11.0 Å². The van der Waals surface area contributed by atoms with Crippen LogP contribution in [-0.4, -0.2) is 15.4 Å². The third-order valence-electron chi connectivity index (χ3n) is 4.36. The van der Waals surface area contributed by atoms with E-state index in [9.17, 15) is 4.39 Å². The van der Waals surface area contributed by atoms with Crippen molar-refractivity contribution in [2.45, 2.75) is 38.6 Å². The summed E-state index contributed by atoms with van der Waals surface area (Å²) in [5.74, 6) is 1.69. The molecule has 0 aliphatic heterocycles. The highest BCUT2D eigenvalue weighted by Gasteiger charge is 2.28. The summed E-state index contributed by atoms with van der Waals surface area (Å²) in [7, 11) is 0. The highest BCUT2D eigenvalue weighted by Crippen LogP contribution is 2.39. The zero-order chi connectivity index (χ0) is 14.3. The second kappa shape index (κ2) is 5.53. The molecule has 1 aromatic carbocycles. The number of aryl methyl sites for hydroxylation is 1. The Morgan fingerprint density at radius 3 is 2.80 bits per heavy atom. The number of imidazole rings is 1. The van der Waals surface area contributed by atoms with Gasteiger partial charge in [-0.2, -0.15) is 0 Å². The lowest BCUT2D eigenvalue weighted by molar-refractivity contribution is 0.223. The maximum absolute atomic E-state index is 13.6. The second-order valence-electron chi connectivity index (χ2n) is 5.52. The molecular formula is C15H17Cl2FN2. The molecule has 0 N–H and O–H groups in total. The zero-order valence-corrected chi connectivity index (χ0v) is 12.9. The maximum atomic E-state index is 13.6. The normalized spacial score (nSPS) is 17.4. The topological polar surface area (TPSA) is 17.8 Å². The second-order valence-corrected chi connectivity index (χ2v) is 6.31. The summed E-state index contributed by atoms with van der Waals surface area (Å²) in [5, 5.41) is 0.150. The van der Waals surface area contributed by atoms with Crippen molar-refractivity contribution in [3.63, 3.8) is 0 Å². The van der Waals surface area contributed by atoms with E-state index >= 15 is 0 Å². The minimum atomic E-state index is -0.419. The van der Waals surface area contributed by atoms with Crippen LogP contribution in [-0.2, 0) is 6.42 Å². The molecule has 3 rings (SSSR count). The summed E-state index contributed by atoms with van der Waals surface area (Å²) < 4.78 is 15.8. The molecule has 1 atom stereocenters. The van der Waals surface area contributed by atoms with E-state index in [0.29, 0.717) is 29.8 Å². The molecule has 5 heteroatoms. The first kappa shape index (κ1) is 14.2. The Hall–Kier alpha value is -0.800. The molecule has 1 aliphatic carbocycles. The molecule has 1 saturated carbocycles. The Balaban J connectivity index is 2.14. The molecule has 0 bridgehead atoms. The van der Waals surface area contributed by atoms with Crippen molar-refractivity contribution in [2.24, 2.45) is 5.92 Å². The minimum Gasteiger partial charge on any atom is -0.325 e. The van der Waals surface area contributed by atoms with Crippen LogP contribution in [0.15, 0.2) is 12.1 Å². The lowest BCUT2D eigenvalue weighted by atomic mass is 9.80. The van der Waals surface area contributed by atoms with Crippen molar-refractivity contribution in [3.05, 3.63) is 28.8 Å². The fourth-order valence-corrected chi connectivity index (χ4v) is 3.32. The van der Waals surface area contributed by atoms with Gasteiger partial charge < -0.3 is 4.57 Å². The zero-order valence-electron chi connectivity index (χ0n) is 11.4. The first-order valence-corrected chi connectivity index (χ1v) is 7.95. The molecular weight excluding hydrogens is 298 g/mol. The van der Waals surface area contributed by atoms with Gasteiger partial charge in [0.2, 0.25) is 0 Å². The number of hydrogen-bond acceptors (Lipinski definition) is 1. The van der Waals surface area contributed by atoms with Gasteiger partial charge in [-0.3, -0.25) is 0 Å². The SMILES string of the molecule is CC(C1CCC1)n1c(CCCl)nc2cc(F)c(Cl)cc21. The van der Waals surface area contributed by atoms with Gasteiger partial charge in [-0.25, -0.2) is 9.37 Å². The molecule has 108 valence electrons. The summed E-state index contributed by atoms with van der Waals surface area (Å²) in [5.41, 5.74) is 1.58. The van der Waals surface area contributed by atoms with Crippen molar-refractivity contribution < 1.29 is 4.39 Å². The first-order chi connectivity index (χ1) is 9.61. The van der Waals surface area contributed by atoms with Gasteiger partial charge in [0.05, 0.1) is 16.1 Å². The van der Waals surface area contributed by atoms with E-state index in [1.807, 2.05) is 0 Å². The van der Waals surface area contributed by atoms with Gasteiger partial charge in [0.1, 0.15) is 11.6 Å². The van der Waals surface area contributed by atoms with Crippen LogP contribution in [0.5, 0.6) is 0 Å². The monoisotopic (exact) mass is 314 g/mol. The lowest BCUT2D eigenvalue weighted by Crippen LogP contribution is -2.24. The van der Waals surface area contributed by atoms with E-state index in [0.717, 1.165) is 11.3 Å². The molecule has 0 saturated heterocycles. The number of halogens is 3. The lowest BCUT2D eigenvalue weighted by Gasteiger charge is -2.33. The summed E-state index contributed by atoms with van der Waals surface area (Å²) in [6.45, 7) is 2.21. The van der Waals surface area contributed by atoms with Crippen molar-refractivity contribution in [2.75, 3.05) is 5.88 Å². The highest BCUT2D eigenvalue weighted by atomic mass is 35.5. The van der Waals surface area contributed by atoms with E-state index in [4.69, 9.17) is 23.2 Å². The largest absolute Gasteiger partial charge is 0.325 e. The molecule has 1 aromatic heterocycles. The Bertz CT molecular complexity index is 634. The van der Waals surface area contributed by atoms with Crippen LogP contribution in [0.2, 0.25) is 5.02 Å². The molecule has 2 nitrogen and oxygen atoms in total. The number of fused-ring (bicyclic) bond motifs is 1. The highest BCUT2D eigenvalue weighted by molar-refractivity contribution is 6.31.